The van der Waals surface area contributed by atoms with Crippen LogP contribution in [0.4, 0.5) is 5.69 Å². The van der Waals surface area contributed by atoms with E-state index in [4.69, 9.17) is 10.7 Å². The topological polar surface area (TPSA) is 62.5 Å². The highest BCUT2D eigenvalue weighted by molar-refractivity contribution is 7.21. The molecule has 2 aromatic rings. The summed E-state index contributed by atoms with van der Waals surface area (Å²) in [4.78, 5) is 23.2. The number of fused-ring (bicyclic) bond motifs is 1. The Kier molecular flexibility index (Phi) is 5.37. The number of amides is 1. The summed E-state index contributed by atoms with van der Waals surface area (Å²) in [5.41, 5.74) is 7.98. The van der Waals surface area contributed by atoms with E-state index < -0.39 is 0 Å². The van der Waals surface area contributed by atoms with Crippen molar-refractivity contribution in [3.8, 4) is 0 Å². The first-order valence-corrected chi connectivity index (χ1v) is 11.0. The maximum Gasteiger partial charge on any atom is 0.265 e. The van der Waals surface area contributed by atoms with E-state index in [1.54, 1.807) is 19.0 Å². The third-order valence-electron chi connectivity index (χ3n) is 6.15. The Hall–Kier alpha value is -1.66. The zero-order chi connectivity index (χ0) is 19.0. The molecule has 27 heavy (non-hydrogen) atoms. The van der Waals surface area contributed by atoms with Gasteiger partial charge < -0.3 is 10.6 Å². The van der Waals surface area contributed by atoms with Crippen LogP contribution in [0.5, 0.6) is 0 Å². The molecule has 1 atom stereocenters. The summed E-state index contributed by atoms with van der Waals surface area (Å²) in [6.07, 6.45) is 10.5. The quantitative estimate of drug-likeness (QED) is 0.847. The Bertz CT molecular complexity index is 825. The summed E-state index contributed by atoms with van der Waals surface area (Å²) >= 11 is 1.43. The lowest BCUT2D eigenvalue weighted by molar-refractivity contribution is 0.0702. The molecule has 3 heterocycles. The highest BCUT2D eigenvalue weighted by Gasteiger charge is 2.32. The number of carbonyl (C=O) groups is 1. The monoisotopic (exact) mass is 386 g/mol. The molecule has 1 saturated heterocycles. The summed E-state index contributed by atoms with van der Waals surface area (Å²) in [6.45, 7) is 1.19. The highest BCUT2D eigenvalue weighted by atomic mass is 32.1. The van der Waals surface area contributed by atoms with Gasteiger partial charge in [-0.25, -0.2) is 4.98 Å². The van der Waals surface area contributed by atoms with Crippen LogP contribution in [0.15, 0.2) is 12.1 Å². The number of hydrogen-bond acceptors (Lipinski definition) is 5. The van der Waals surface area contributed by atoms with Crippen molar-refractivity contribution in [2.24, 2.45) is 0 Å². The summed E-state index contributed by atoms with van der Waals surface area (Å²) in [5.74, 6) is -0.0430. The van der Waals surface area contributed by atoms with Crippen LogP contribution >= 0.6 is 11.3 Å². The molecule has 1 aliphatic heterocycles. The van der Waals surface area contributed by atoms with Crippen LogP contribution in [0.25, 0.3) is 10.2 Å². The average Bonchev–Trinajstić information content (AvgIpc) is 3.04. The molecular weight excluding hydrogens is 356 g/mol. The van der Waals surface area contributed by atoms with Gasteiger partial charge in [0.2, 0.25) is 0 Å². The van der Waals surface area contributed by atoms with E-state index in [1.165, 1.54) is 69.2 Å². The number of anilines is 1. The predicted molar refractivity (Wildman–Crippen MR) is 112 cm³/mol. The van der Waals surface area contributed by atoms with Gasteiger partial charge in [-0.1, -0.05) is 25.7 Å². The Balaban J connectivity index is 1.66. The van der Waals surface area contributed by atoms with E-state index >= 15 is 0 Å². The number of thiophene rings is 1. The van der Waals surface area contributed by atoms with E-state index in [0.717, 1.165) is 15.9 Å². The first-order valence-electron chi connectivity index (χ1n) is 10.2. The Morgan fingerprint density at radius 3 is 2.63 bits per heavy atom. The molecule has 4 rings (SSSR count). The molecule has 1 amide bonds. The van der Waals surface area contributed by atoms with Gasteiger partial charge in [0, 0.05) is 25.5 Å². The second-order valence-corrected chi connectivity index (χ2v) is 9.17. The van der Waals surface area contributed by atoms with Gasteiger partial charge in [-0.3, -0.25) is 9.69 Å². The van der Waals surface area contributed by atoms with Crippen molar-refractivity contribution < 1.29 is 4.79 Å². The average molecular weight is 387 g/mol. The lowest BCUT2D eigenvalue weighted by Crippen LogP contribution is -2.42. The number of nitrogens with zero attached hydrogens (tertiary/aromatic N) is 3. The Labute approximate surface area is 165 Å². The Morgan fingerprint density at radius 2 is 1.89 bits per heavy atom. The molecule has 2 aromatic heterocycles. The van der Waals surface area contributed by atoms with Crippen molar-refractivity contribution in [1.82, 2.24) is 14.8 Å². The number of hydrogen-bond donors (Lipinski definition) is 1. The summed E-state index contributed by atoms with van der Waals surface area (Å²) in [6, 6.07) is 5.33. The van der Waals surface area contributed by atoms with E-state index in [0.29, 0.717) is 22.6 Å². The van der Waals surface area contributed by atoms with Gasteiger partial charge in [0.15, 0.2) is 0 Å². The zero-order valence-electron chi connectivity index (χ0n) is 16.4. The SMILES string of the molecule is CN(C)C(=O)c1sc2nc([C@@H]3CCCCN3C3CCCCC3)ccc2c1N. The van der Waals surface area contributed by atoms with Gasteiger partial charge in [-0.05, 0) is 44.4 Å². The summed E-state index contributed by atoms with van der Waals surface area (Å²) in [7, 11) is 3.52. The van der Waals surface area contributed by atoms with Gasteiger partial charge in [0.05, 0.1) is 17.4 Å². The third kappa shape index (κ3) is 3.57. The summed E-state index contributed by atoms with van der Waals surface area (Å²) < 4.78 is 0. The van der Waals surface area contributed by atoms with Crippen molar-refractivity contribution in [1.29, 1.82) is 0 Å². The second-order valence-electron chi connectivity index (χ2n) is 8.17. The Morgan fingerprint density at radius 1 is 1.15 bits per heavy atom. The number of pyridine rings is 1. The predicted octanol–water partition coefficient (Wildman–Crippen LogP) is 4.44. The van der Waals surface area contributed by atoms with Gasteiger partial charge in [0.1, 0.15) is 9.71 Å². The standard InChI is InChI=1S/C21H30N4OS/c1-24(2)21(26)19-18(22)15-11-12-16(23-20(15)27-19)17-10-6-7-13-25(17)14-8-4-3-5-9-14/h11-12,14,17H,3-10,13,22H2,1-2H3/t17-/m0/s1. The highest BCUT2D eigenvalue weighted by Crippen LogP contribution is 2.39. The molecule has 1 saturated carbocycles. The maximum atomic E-state index is 12.4. The minimum Gasteiger partial charge on any atom is -0.397 e. The van der Waals surface area contributed by atoms with Gasteiger partial charge >= 0.3 is 0 Å². The number of likely N-dealkylation sites (tertiary alicyclic amines) is 1. The normalized spacial score (nSPS) is 22.2. The number of nitrogen functional groups attached to an aromatic ring is 1. The fraction of sp³-hybridized carbons (Fsp3) is 0.619. The molecule has 0 unspecified atom stereocenters. The molecule has 2 N–H and O–H groups in total. The molecule has 0 spiro atoms. The fourth-order valence-electron chi connectivity index (χ4n) is 4.68. The van der Waals surface area contributed by atoms with E-state index in [-0.39, 0.29) is 5.91 Å². The van der Waals surface area contributed by atoms with Crippen LogP contribution in [0.1, 0.15) is 72.8 Å². The van der Waals surface area contributed by atoms with E-state index in [2.05, 4.69) is 17.0 Å². The van der Waals surface area contributed by atoms with Crippen LogP contribution < -0.4 is 5.73 Å². The van der Waals surface area contributed by atoms with E-state index in [1.807, 2.05) is 0 Å². The van der Waals surface area contributed by atoms with E-state index in [9.17, 15) is 4.79 Å². The zero-order valence-corrected chi connectivity index (χ0v) is 17.2. The van der Waals surface area contributed by atoms with Crippen molar-refractivity contribution in [3.05, 3.63) is 22.7 Å². The third-order valence-corrected chi connectivity index (χ3v) is 7.25. The maximum absolute atomic E-state index is 12.4. The molecule has 5 nitrogen and oxygen atoms in total. The largest absolute Gasteiger partial charge is 0.397 e. The van der Waals surface area contributed by atoms with Crippen molar-refractivity contribution in [2.45, 2.75) is 63.5 Å². The minimum atomic E-state index is -0.0430. The first-order chi connectivity index (χ1) is 13.1. The molecule has 146 valence electrons. The van der Waals surface area contributed by atoms with Gasteiger partial charge in [0.25, 0.3) is 5.91 Å². The smallest absolute Gasteiger partial charge is 0.265 e. The summed E-state index contributed by atoms with van der Waals surface area (Å²) in [5, 5.41) is 0.911. The molecule has 1 aliphatic carbocycles. The molecule has 2 fully saturated rings. The number of carbonyl (C=O) groups excluding carboxylic acids is 1. The lowest BCUT2D eigenvalue weighted by Gasteiger charge is -2.42. The second kappa shape index (κ2) is 7.76. The lowest BCUT2D eigenvalue weighted by atomic mass is 9.89. The van der Waals surface area contributed by atoms with Crippen LogP contribution in [0.3, 0.4) is 0 Å². The fourth-order valence-corrected chi connectivity index (χ4v) is 5.80. The van der Waals surface area contributed by atoms with Crippen molar-refractivity contribution in [3.63, 3.8) is 0 Å². The molecule has 2 aliphatic rings. The number of nitrogens with two attached hydrogens (primary N) is 1. The number of piperidine rings is 1. The first kappa shape index (κ1) is 18.7. The van der Waals surface area contributed by atoms with Gasteiger partial charge in [-0.2, -0.15) is 0 Å². The van der Waals surface area contributed by atoms with Crippen LogP contribution in [-0.4, -0.2) is 47.4 Å². The minimum absolute atomic E-state index is 0.0430. The molecular formula is C21H30N4OS. The molecule has 6 heteroatoms. The number of rotatable bonds is 3. The van der Waals surface area contributed by atoms with Crippen LogP contribution in [-0.2, 0) is 0 Å². The molecule has 0 aromatic carbocycles. The van der Waals surface area contributed by atoms with Gasteiger partial charge in [-0.15, -0.1) is 11.3 Å². The molecule has 0 radical (unpaired) electrons. The van der Waals surface area contributed by atoms with Crippen LogP contribution in [0, 0.1) is 0 Å². The van der Waals surface area contributed by atoms with Crippen molar-refractivity contribution in [2.75, 3.05) is 26.4 Å². The number of aromatic nitrogens is 1. The molecule has 0 bridgehead atoms. The van der Waals surface area contributed by atoms with Crippen molar-refractivity contribution >= 4 is 33.1 Å². The van der Waals surface area contributed by atoms with Crippen LogP contribution in [0.2, 0.25) is 0 Å².